The topological polar surface area (TPSA) is 15.3 Å². The fourth-order valence-electron chi connectivity index (χ4n) is 3.15. The number of benzene rings is 1. The maximum absolute atomic E-state index is 13.7. The molecule has 0 spiro atoms. The van der Waals surface area contributed by atoms with Crippen molar-refractivity contribution in [3.8, 4) is 0 Å². The molecule has 0 aromatic heterocycles. The molecule has 1 heterocycles. The maximum atomic E-state index is 13.7. The summed E-state index contributed by atoms with van der Waals surface area (Å²) < 4.78 is 13.7. The molecule has 112 valence electrons. The second-order valence-corrected chi connectivity index (χ2v) is 6.07. The van der Waals surface area contributed by atoms with Crippen LogP contribution in [0.3, 0.4) is 0 Å². The molecule has 0 radical (unpaired) electrons. The lowest BCUT2D eigenvalue weighted by atomic mass is 10.1. The molecule has 1 aliphatic heterocycles. The molecule has 0 saturated carbocycles. The smallest absolute Gasteiger partial charge is 0.129 e. The molecular formula is C17H27FN2. The lowest BCUT2D eigenvalue weighted by Crippen LogP contribution is -2.37. The molecule has 1 saturated heterocycles. The third kappa shape index (κ3) is 4.03. The first-order valence-corrected chi connectivity index (χ1v) is 7.81. The van der Waals surface area contributed by atoms with Crippen molar-refractivity contribution < 1.29 is 4.39 Å². The van der Waals surface area contributed by atoms with Gasteiger partial charge in [-0.2, -0.15) is 0 Å². The number of halogens is 1. The molecular weight excluding hydrogens is 251 g/mol. The lowest BCUT2D eigenvalue weighted by Gasteiger charge is -2.24. The molecule has 3 heteroatoms. The molecule has 1 fully saturated rings. The predicted octanol–water partition coefficient (Wildman–Crippen LogP) is 3.41. The number of aryl methyl sites for hydroxylation is 2. The van der Waals surface area contributed by atoms with Crippen LogP contribution in [0.25, 0.3) is 0 Å². The minimum atomic E-state index is -0.0601. The van der Waals surface area contributed by atoms with Gasteiger partial charge in [-0.05, 0) is 56.5 Å². The zero-order valence-corrected chi connectivity index (χ0v) is 13.0. The number of nitrogens with one attached hydrogen (secondary N) is 1. The first kappa shape index (κ1) is 15.5. The Balaban J connectivity index is 2.04. The number of rotatable bonds is 4. The van der Waals surface area contributed by atoms with Gasteiger partial charge in [0.15, 0.2) is 0 Å². The van der Waals surface area contributed by atoms with Gasteiger partial charge in [0.1, 0.15) is 5.82 Å². The standard InChI is InChI=1S/C17H27FN2/c1-4-6-16-12-20(8-5-7-19-16)11-15-9-13(2)17(18)14(3)10-15/h9-10,16,19H,4-8,11-12H2,1-3H3. The maximum Gasteiger partial charge on any atom is 0.129 e. The minimum Gasteiger partial charge on any atom is -0.313 e. The SMILES string of the molecule is CCCC1CN(Cc2cc(C)c(F)c(C)c2)CCCN1. The Kier molecular flexibility index (Phi) is 5.55. The highest BCUT2D eigenvalue weighted by Crippen LogP contribution is 2.17. The normalized spacial score (nSPS) is 20.9. The molecule has 2 rings (SSSR count). The zero-order chi connectivity index (χ0) is 14.5. The van der Waals surface area contributed by atoms with E-state index in [0.717, 1.165) is 37.3 Å². The third-order valence-electron chi connectivity index (χ3n) is 4.10. The number of hydrogen-bond donors (Lipinski definition) is 1. The summed E-state index contributed by atoms with van der Waals surface area (Å²) in [5.74, 6) is -0.0601. The summed E-state index contributed by atoms with van der Waals surface area (Å²) in [7, 11) is 0. The van der Waals surface area contributed by atoms with Crippen LogP contribution in [0.5, 0.6) is 0 Å². The first-order chi connectivity index (χ1) is 9.60. The van der Waals surface area contributed by atoms with Crippen LogP contribution in [0.2, 0.25) is 0 Å². The van der Waals surface area contributed by atoms with Crippen LogP contribution in [-0.2, 0) is 6.54 Å². The van der Waals surface area contributed by atoms with Gasteiger partial charge in [0.2, 0.25) is 0 Å². The Hall–Kier alpha value is -0.930. The summed E-state index contributed by atoms with van der Waals surface area (Å²) in [4.78, 5) is 2.51. The number of nitrogens with zero attached hydrogens (tertiary/aromatic N) is 1. The van der Waals surface area contributed by atoms with Crippen molar-refractivity contribution >= 4 is 0 Å². The van der Waals surface area contributed by atoms with Gasteiger partial charge < -0.3 is 5.32 Å². The fourth-order valence-corrected chi connectivity index (χ4v) is 3.15. The predicted molar refractivity (Wildman–Crippen MR) is 82.5 cm³/mol. The molecule has 1 aromatic rings. The van der Waals surface area contributed by atoms with Crippen LogP contribution in [0.1, 0.15) is 42.9 Å². The molecule has 0 bridgehead atoms. The van der Waals surface area contributed by atoms with E-state index in [-0.39, 0.29) is 5.82 Å². The number of hydrogen-bond acceptors (Lipinski definition) is 2. The van der Waals surface area contributed by atoms with Gasteiger partial charge in [-0.15, -0.1) is 0 Å². The van der Waals surface area contributed by atoms with Crippen LogP contribution in [-0.4, -0.2) is 30.6 Å². The van der Waals surface area contributed by atoms with Crippen LogP contribution < -0.4 is 5.32 Å². The highest BCUT2D eigenvalue weighted by molar-refractivity contribution is 5.30. The molecule has 0 aliphatic carbocycles. The van der Waals surface area contributed by atoms with E-state index in [1.807, 2.05) is 26.0 Å². The van der Waals surface area contributed by atoms with Crippen LogP contribution in [0.4, 0.5) is 4.39 Å². The molecule has 20 heavy (non-hydrogen) atoms. The summed E-state index contributed by atoms with van der Waals surface area (Å²) in [6, 6.07) is 4.59. The van der Waals surface area contributed by atoms with Crippen molar-refractivity contribution in [3.05, 3.63) is 34.6 Å². The van der Waals surface area contributed by atoms with E-state index in [0.29, 0.717) is 6.04 Å². The Morgan fingerprint density at radius 1 is 1.30 bits per heavy atom. The van der Waals surface area contributed by atoms with E-state index in [4.69, 9.17) is 0 Å². The zero-order valence-electron chi connectivity index (χ0n) is 13.0. The van der Waals surface area contributed by atoms with E-state index in [2.05, 4.69) is 17.1 Å². The summed E-state index contributed by atoms with van der Waals surface area (Å²) in [5.41, 5.74) is 2.76. The van der Waals surface area contributed by atoms with Crippen molar-refractivity contribution in [2.24, 2.45) is 0 Å². The average Bonchev–Trinajstić information content (AvgIpc) is 2.62. The van der Waals surface area contributed by atoms with E-state index >= 15 is 0 Å². The summed E-state index contributed by atoms with van der Waals surface area (Å²) >= 11 is 0. The molecule has 2 nitrogen and oxygen atoms in total. The quantitative estimate of drug-likeness (QED) is 0.908. The Morgan fingerprint density at radius 2 is 2.00 bits per heavy atom. The highest BCUT2D eigenvalue weighted by atomic mass is 19.1. The molecule has 0 amide bonds. The van der Waals surface area contributed by atoms with Crippen molar-refractivity contribution in [2.45, 2.75) is 52.6 Å². The van der Waals surface area contributed by atoms with E-state index < -0.39 is 0 Å². The second kappa shape index (κ2) is 7.19. The summed E-state index contributed by atoms with van der Waals surface area (Å²) in [5, 5.41) is 3.63. The Labute approximate surface area is 122 Å². The monoisotopic (exact) mass is 278 g/mol. The molecule has 1 aliphatic rings. The van der Waals surface area contributed by atoms with Crippen LogP contribution in [0.15, 0.2) is 12.1 Å². The highest BCUT2D eigenvalue weighted by Gasteiger charge is 2.17. The average molecular weight is 278 g/mol. The first-order valence-electron chi connectivity index (χ1n) is 7.81. The van der Waals surface area contributed by atoms with Gasteiger partial charge in [0.05, 0.1) is 0 Å². The van der Waals surface area contributed by atoms with E-state index in [1.165, 1.54) is 24.8 Å². The van der Waals surface area contributed by atoms with Crippen molar-refractivity contribution in [3.63, 3.8) is 0 Å². The van der Waals surface area contributed by atoms with E-state index in [9.17, 15) is 4.39 Å². The lowest BCUT2D eigenvalue weighted by molar-refractivity contribution is 0.254. The van der Waals surface area contributed by atoms with Gasteiger partial charge >= 0.3 is 0 Å². The van der Waals surface area contributed by atoms with Crippen molar-refractivity contribution in [2.75, 3.05) is 19.6 Å². The minimum absolute atomic E-state index is 0.0601. The fraction of sp³-hybridized carbons (Fsp3) is 0.647. The molecule has 1 N–H and O–H groups in total. The van der Waals surface area contributed by atoms with Gasteiger partial charge in [-0.25, -0.2) is 4.39 Å². The van der Waals surface area contributed by atoms with Gasteiger partial charge in [0.25, 0.3) is 0 Å². The summed E-state index contributed by atoms with van der Waals surface area (Å²) in [6.07, 6.45) is 3.65. The second-order valence-electron chi connectivity index (χ2n) is 6.07. The van der Waals surface area contributed by atoms with Crippen molar-refractivity contribution in [1.82, 2.24) is 10.2 Å². The van der Waals surface area contributed by atoms with Gasteiger partial charge in [-0.1, -0.05) is 25.5 Å². The molecule has 1 unspecified atom stereocenters. The van der Waals surface area contributed by atoms with E-state index in [1.54, 1.807) is 0 Å². The largest absolute Gasteiger partial charge is 0.313 e. The van der Waals surface area contributed by atoms with Crippen LogP contribution >= 0.6 is 0 Å². The molecule has 1 atom stereocenters. The Morgan fingerprint density at radius 3 is 2.65 bits per heavy atom. The Bertz CT molecular complexity index is 422. The van der Waals surface area contributed by atoms with Crippen LogP contribution in [0, 0.1) is 19.7 Å². The van der Waals surface area contributed by atoms with Crippen molar-refractivity contribution in [1.29, 1.82) is 0 Å². The summed E-state index contributed by atoms with van der Waals surface area (Å²) in [6.45, 7) is 10.2. The third-order valence-corrected chi connectivity index (χ3v) is 4.10. The van der Waals surface area contributed by atoms with Gasteiger partial charge in [0, 0.05) is 19.1 Å². The molecule has 1 aromatic carbocycles. The van der Waals surface area contributed by atoms with Gasteiger partial charge in [-0.3, -0.25) is 4.90 Å².